The Balaban J connectivity index is 1.98. The number of sulfone groups is 1. The van der Waals surface area contributed by atoms with Crippen LogP contribution in [0.4, 0.5) is 0 Å². The van der Waals surface area contributed by atoms with E-state index in [0.29, 0.717) is 24.0 Å². The number of halogens is 1. The number of nitrogens with zero attached hydrogens (tertiary/aromatic N) is 1. The summed E-state index contributed by atoms with van der Waals surface area (Å²) in [5, 5.41) is 0. The molecule has 1 saturated heterocycles. The molecule has 0 bridgehead atoms. The monoisotopic (exact) mass is 374 g/mol. The molecular weight excluding hydrogens is 352 g/mol. The highest BCUT2D eigenvalue weighted by molar-refractivity contribution is 9.10. The van der Waals surface area contributed by atoms with E-state index < -0.39 is 9.84 Å². The highest BCUT2D eigenvalue weighted by Crippen LogP contribution is 2.21. The molecule has 1 atom stereocenters. The quantitative estimate of drug-likeness (QED) is 0.830. The van der Waals surface area contributed by atoms with Crippen molar-refractivity contribution in [1.82, 2.24) is 4.90 Å². The molecule has 0 saturated carbocycles. The predicted molar refractivity (Wildman–Crippen MR) is 89.1 cm³/mol. The molecule has 6 heteroatoms. The lowest BCUT2D eigenvalue weighted by molar-refractivity contribution is 0.151. The minimum atomic E-state index is -3.21. The van der Waals surface area contributed by atoms with E-state index in [1.165, 1.54) is 6.42 Å². The maximum atomic E-state index is 12.4. The molecule has 21 heavy (non-hydrogen) atoms. The number of hydrogen-bond acceptors (Lipinski definition) is 4. The van der Waals surface area contributed by atoms with Crippen molar-refractivity contribution in [1.29, 1.82) is 0 Å². The zero-order chi connectivity index (χ0) is 15.3. The Hall–Kier alpha value is -0.430. The molecule has 2 N–H and O–H groups in total. The smallest absolute Gasteiger partial charge is 0.179 e. The van der Waals surface area contributed by atoms with Crippen LogP contribution in [-0.2, 0) is 9.84 Å². The summed E-state index contributed by atoms with van der Waals surface area (Å²) in [6.07, 6.45) is 4.47. The Labute approximate surface area is 135 Å². The molecule has 1 aromatic rings. The fourth-order valence-electron chi connectivity index (χ4n) is 2.87. The predicted octanol–water partition coefficient (Wildman–Crippen LogP) is 2.43. The molecule has 0 amide bonds. The van der Waals surface area contributed by atoms with Crippen LogP contribution in [0.15, 0.2) is 33.6 Å². The Kier molecular flexibility index (Phi) is 6.22. The summed E-state index contributed by atoms with van der Waals surface area (Å²) in [6, 6.07) is 7.31. The molecule has 1 unspecified atom stereocenters. The molecule has 1 aliphatic rings. The lowest BCUT2D eigenvalue weighted by Crippen LogP contribution is -2.43. The van der Waals surface area contributed by atoms with Crippen LogP contribution in [0.3, 0.4) is 0 Å². The van der Waals surface area contributed by atoms with Gasteiger partial charge in [0.15, 0.2) is 9.84 Å². The summed E-state index contributed by atoms with van der Waals surface area (Å²) in [5.74, 6) is 0.176. The van der Waals surface area contributed by atoms with Crippen molar-refractivity contribution in [2.24, 2.45) is 5.73 Å². The molecule has 0 aliphatic carbocycles. The molecule has 1 fully saturated rings. The highest BCUT2D eigenvalue weighted by Gasteiger charge is 2.24. The van der Waals surface area contributed by atoms with Gasteiger partial charge in [0, 0.05) is 17.1 Å². The number of likely N-dealkylation sites (tertiary alicyclic amines) is 1. The van der Waals surface area contributed by atoms with Crippen LogP contribution in [0, 0.1) is 0 Å². The topological polar surface area (TPSA) is 63.4 Å². The van der Waals surface area contributed by atoms with Gasteiger partial charge in [-0.05, 0) is 56.6 Å². The average molecular weight is 375 g/mol. The van der Waals surface area contributed by atoms with Crippen LogP contribution in [-0.4, -0.2) is 44.7 Å². The van der Waals surface area contributed by atoms with Gasteiger partial charge in [-0.2, -0.15) is 0 Å². The average Bonchev–Trinajstić information content (AvgIpc) is 2.47. The van der Waals surface area contributed by atoms with Gasteiger partial charge in [0.2, 0.25) is 0 Å². The fraction of sp³-hybridized carbons (Fsp3) is 0.600. The zero-order valence-corrected chi connectivity index (χ0v) is 14.6. The molecule has 0 spiro atoms. The third kappa shape index (κ3) is 4.77. The Morgan fingerprint density at radius 2 is 1.95 bits per heavy atom. The number of benzene rings is 1. The van der Waals surface area contributed by atoms with Crippen molar-refractivity contribution in [2.75, 3.05) is 25.4 Å². The summed E-state index contributed by atoms with van der Waals surface area (Å²) in [5.41, 5.74) is 5.66. The Morgan fingerprint density at radius 3 is 2.62 bits per heavy atom. The number of nitrogens with two attached hydrogens (primary N) is 1. The van der Waals surface area contributed by atoms with Crippen LogP contribution >= 0.6 is 15.9 Å². The third-order valence-electron chi connectivity index (χ3n) is 4.07. The molecule has 2 rings (SSSR count). The van der Waals surface area contributed by atoms with Gasteiger partial charge in [-0.1, -0.05) is 22.4 Å². The van der Waals surface area contributed by atoms with Crippen molar-refractivity contribution in [3.63, 3.8) is 0 Å². The lowest BCUT2D eigenvalue weighted by atomic mass is 9.99. The van der Waals surface area contributed by atoms with Crippen LogP contribution in [0.2, 0.25) is 0 Å². The third-order valence-corrected chi connectivity index (χ3v) is 6.31. The zero-order valence-electron chi connectivity index (χ0n) is 12.2. The Morgan fingerprint density at radius 1 is 1.24 bits per heavy atom. The fourth-order valence-corrected chi connectivity index (χ4v) is 4.40. The van der Waals surface area contributed by atoms with Gasteiger partial charge >= 0.3 is 0 Å². The van der Waals surface area contributed by atoms with E-state index in [9.17, 15) is 8.42 Å². The summed E-state index contributed by atoms with van der Waals surface area (Å²) in [4.78, 5) is 2.70. The first-order valence-corrected chi connectivity index (χ1v) is 9.90. The van der Waals surface area contributed by atoms with Crippen LogP contribution < -0.4 is 5.73 Å². The molecule has 1 heterocycles. The van der Waals surface area contributed by atoms with Crippen LogP contribution in [0.25, 0.3) is 0 Å². The van der Waals surface area contributed by atoms with Crippen molar-refractivity contribution >= 4 is 25.8 Å². The van der Waals surface area contributed by atoms with E-state index in [0.717, 1.165) is 30.3 Å². The van der Waals surface area contributed by atoms with Crippen LogP contribution in [0.1, 0.15) is 25.7 Å². The SMILES string of the molecule is NCCC1CCCCN1CCS(=O)(=O)c1ccc(Br)cc1. The highest BCUT2D eigenvalue weighted by atomic mass is 79.9. The van der Waals surface area contributed by atoms with E-state index in [-0.39, 0.29) is 5.75 Å². The van der Waals surface area contributed by atoms with Gasteiger partial charge in [0.05, 0.1) is 10.6 Å². The second kappa shape index (κ2) is 7.72. The summed E-state index contributed by atoms with van der Waals surface area (Å²) in [6.45, 7) is 2.25. The maximum Gasteiger partial charge on any atom is 0.179 e. The summed E-state index contributed by atoms with van der Waals surface area (Å²) >= 11 is 3.32. The van der Waals surface area contributed by atoms with Gasteiger partial charge in [0.25, 0.3) is 0 Å². The minimum absolute atomic E-state index is 0.176. The summed E-state index contributed by atoms with van der Waals surface area (Å²) < 4.78 is 25.7. The van der Waals surface area contributed by atoms with E-state index in [1.807, 2.05) is 0 Å². The standard InChI is InChI=1S/C15H23BrN2O2S/c16-13-4-6-15(7-5-13)21(19,20)12-11-18-10-2-1-3-14(18)8-9-17/h4-7,14H,1-3,8-12,17H2. The first-order chi connectivity index (χ1) is 10.0. The van der Waals surface area contributed by atoms with Crippen molar-refractivity contribution in [3.8, 4) is 0 Å². The Bertz CT molecular complexity index is 543. The molecular formula is C15H23BrN2O2S. The first kappa shape index (κ1) is 16.9. The normalized spacial score (nSPS) is 20.6. The lowest BCUT2D eigenvalue weighted by Gasteiger charge is -2.35. The van der Waals surface area contributed by atoms with E-state index in [4.69, 9.17) is 5.73 Å². The first-order valence-electron chi connectivity index (χ1n) is 7.45. The summed E-state index contributed by atoms with van der Waals surface area (Å²) in [7, 11) is -3.21. The number of piperidine rings is 1. The molecule has 0 radical (unpaired) electrons. The van der Waals surface area contributed by atoms with Crippen molar-refractivity contribution < 1.29 is 8.42 Å². The molecule has 1 aromatic carbocycles. The van der Waals surface area contributed by atoms with Gasteiger partial charge < -0.3 is 5.73 Å². The van der Waals surface area contributed by atoms with Gasteiger partial charge in [0.1, 0.15) is 0 Å². The van der Waals surface area contributed by atoms with E-state index in [2.05, 4.69) is 20.8 Å². The number of rotatable bonds is 6. The second-order valence-corrected chi connectivity index (χ2v) is 8.56. The van der Waals surface area contributed by atoms with E-state index in [1.54, 1.807) is 24.3 Å². The molecule has 4 nitrogen and oxygen atoms in total. The minimum Gasteiger partial charge on any atom is -0.330 e. The molecule has 0 aromatic heterocycles. The van der Waals surface area contributed by atoms with E-state index >= 15 is 0 Å². The van der Waals surface area contributed by atoms with Crippen molar-refractivity contribution in [3.05, 3.63) is 28.7 Å². The van der Waals surface area contributed by atoms with Crippen LogP contribution in [0.5, 0.6) is 0 Å². The second-order valence-electron chi connectivity index (χ2n) is 5.54. The number of hydrogen-bond donors (Lipinski definition) is 1. The maximum absolute atomic E-state index is 12.4. The van der Waals surface area contributed by atoms with Crippen molar-refractivity contribution in [2.45, 2.75) is 36.6 Å². The largest absolute Gasteiger partial charge is 0.330 e. The molecule has 118 valence electrons. The van der Waals surface area contributed by atoms with Gasteiger partial charge in [-0.3, -0.25) is 4.90 Å². The van der Waals surface area contributed by atoms with Gasteiger partial charge in [-0.15, -0.1) is 0 Å². The van der Waals surface area contributed by atoms with Gasteiger partial charge in [-0.25, -0.2) is 8.42 Å². The molecule has 1 aliphatic heterocycles.